The Labute approximate surface area is 167 Å². The summed E-state index contributed by atoms with van der Waals surface area (Å²) < 4.78 is 5.72. The highest BCUT2D eigenvalue weighted by Crippen LogP contribution is 2.18. The minimum absolute atomic E-state index is 0.0815. The van der Waals surface area contributed by atoms with Crippen molar-refractivity contribution >= 4 is 28.1 Å². The molecule has 4 rings (SSSR count). The van der Waals surface area contributed by atoms with E-state index in [1.165, 1.54) is 10.9 Å². The summed E-state index contributed by atoms with van der Waals surface area (Å²) in [7, 11) is 0. The summed E-state index contributed by atoms with van der Waals surface area (Å²) in [6.07, 6.45) is 2.79. The Bertz CT molecular complexity index is 1080. The highest BCUT2D eigenvalue weighted by Gasteiger charge is 2.07. The average molecular weight is 391 g/mol. The number of aromatic nitrogens is 2. The van der Waals surface area contributed by atoms with Gasteiger partial charge in [-0.1, -0.05) is 18.2 Å². The lowest BCUT2D eigenvalue weighted by Crippen LogP contribution is -2.25. The molecule has 6 heteroatoms. The number of ether oxygens (including phenoxy) is 1. The molecule has 0 unspecified atom stereocenters. The van der Waals surface area contributed by atoms with E-state index in [-0.39, 0.29) is 5.91 Å². The van der Waals surface area contributed by atoms with Crippen molar-refractivity contribution in [2.45, 2.75) is 20.0 Å². The van der Waals surface area contributed by atoms with Gasteiger partial charge < -0.3 is 15.0 Å². The Morgan fingerprint density at radius 2 is 2.00 bits per heavy atom. The smallest absolute Gasteiger partial charge is 0.251 e. The van der Waals surface area contributed by atoms with Crippen molar-refractivity contribution in [3.63, 3.8) is 0 Å². The van der Waals surface area contributed by atoms with Crippen LogP contribution >= 0.6 is 11.3 Å². The van der Waals surface area contributed by atoms with Gasteiger partial charge in [-0.25, -0.2) is 4.98 Å². The van der Waals surface area contributed by atoms with Crippen molar-refractivity contribution in [1.29, 1.82) is 0 Å². The summed E-state index contributed by atoms with van der Waals surface area (Å²) in [6.45, 7) is 2.99. The lowest BCUT2D eigenvalue weighted by atomic mass is 10.1. The topological polar surface area (TPSA) is 67.0 Å². The minimum atomic E-state index is -0.0815. The summed E-state index contributed by atoms with van der Waals surface area (Å²) >= 11 is 1.58. The molecule has 0 atom stereocenters. The maximum absolute atomic E-state index is 12.4. The number of hydrogen-bond donors (Lipinski definition) is 2. The maximum atomic E-state index is 12.4. The molecule has 0 saturated carbocycles. The molecule has 2 aromatic heterocycles. The van der Waals surface area contributed by atoms with Crippen LogP contribution in [-0.2, 0) is 13.0 Å². The van der Waals surface area contributed by atoms with E-state index in [4.69, 9.17) is 4.74 Å². The quantitative estimate of drug-likeness (QED) is 0.488. The third-order valence-electron chi connectivity index (χ3n) is 4.50. The number of carbonyl (C=O) groups excluding carboxylic acids is 1. The summed E-state index contributed by atoms with van der Waals surface area (Å²) in [5.41, 5.74) is 3.95. The van der Waals surface area contributed by atoms with Gasteiger partial charge in [-0.15, -0.1) is 11.3 Å². The van der Waals surface area contributed by atoms with Gasteiger partial charge in [-0.05, 0) is 49.2 Å². The van der Waals surface area contributed by atoms with Gasteiger partial charge in [-0.2, -0.15) is 0 Å². The Morgan fingerprint density at radius 3 is 2.79 bits per heavy atom. The molecule has 1 amide bonds. The van der Waals surface area contributed by atoms with E-state index in [9.17, 15) is 4.79 Å². The number of thiazole rings is 1. The minimum Gasteiger partial charge on any atom is -0.486 e. The number of para-hydroxylation sites is 1. The molecule has 0 spiro atoms. The molecule has 4 aromatic rings. The first-order chi connectivity index (χ1) is 13.7. The standard InChI is InChI=1S/C22H21N3O2S/c1-15-14-28-21(25-15)13-27-18-8-6-16(7-9-18)22(26)23-11-10-17-12-24-20-5-3-2-4-19(17)20/h2-9,12,14,24H,10-11,13H2,1H3,(H,23,26). The molecule has 5 nitrogen and oxygen atoms in total. The second-order valence-corrected chi connectivity index (χ2v) is 7.50. The number of nitrogens with one attached hydrogen (secondary N) is 2. The van der Waals surface area contributed by atoms with Crippen LogP contribution in [0.5, 0.6) is 5.75 Å². The number of rotatable bonds is 7. The second kappa shape index (κ2) is 8.27. The van der Waals surface area contributed by atoms with Gasteiger partial charge >= 0.3 is 0 Å². The van der Waals surface area contributed by atoms with Crippen LogP contribution in [0.25, 0.3) is 10.9 Å². The van der Waals surface area contributed by atoms with E-state index in [2.05, 4.69) is 27.4 Å². The van der Waals surface area contributed by atoms with Crippen LogP contribution < -0.4 is 10.1 Å². The molecule has 0 aliphatic carbocycles. The fourth-order valence-corrected chi connectivity index (χ4v) is 3.75. The van der Waals surface area contributed by atoms with E-state index in [1.54, 1.807) is 23.5 Å². The zero-order chi connectivity index (χ0) is 19.3. The van der Waals surface area contributed by atoms with Gasteiger partial charge in [0.05, 0.1) is 0 Å². The van der Waals surface area contributed by atoms with Crippen LogP contribution in [-0.4, -0.2) is 22.4 Å². The predicted octanol–water partition coefficient (Wildman–Crippen LogP) is 4.48. The molecule has 0 fully saturated rings. The van der Waals surface area contributed by atoms with Crippen LogP contribution in [0.2, 0.25) is 0 Å². The zero-order valence-electron chi connectivity index (χ0n) is 15.6. The molecule has 0 aliphatic rings. The van der Waals surface area contributed by atoms with Gasteiger partial charge in [0, 0.05) is 40.3 Å². The van der Waals surface area contributed by atoms with E-state index < -0.39 is 0 Å². The summed E-state index contributed by atoms with van der Waals surface area (Å²) in [5, 5.41) is 7.13. The van der Waals surface area contributed by atoms with Gasteiger partial charge in [0.25, 0.3) is 5.91 Å². The molecule has 2 heterocycles. The van der Waals surface area contributed by atoms with Gasteiger partial charge in [0.1, 0.15) is 17.4 Å². The summed E-state index contributed by atoms with van der Waals surface area (Å²) in [6, 6.07) is 15.4. The fraction of sp³-hybridized carbons (Fsp3) is 0.182. The largest absolute Gasteiger partial charge is 0.486 e. The molecule has 142 valence electrons. The van der Waals surface area contributed by atoms with E-state index in [1.807, 2.05) is 42.8 Å². The Hall–Kier alpha value is -3.12. The van der Waals surface area contributed by atoms with Crippen molar-refractivity contribution in [1.82, 2.24) is 15.3 Å². The lowest BCUT2D eigenvalue weighted by molar-refractivity contribution is 0.0954. The molecular weight excluding hydrogens is 370 g/mol. The molecule has 0 saturated heterocycles. The Kier molecular flexibility index (Phi) is 5.39. The van der Waals surface area contributed by atoms with Crippen LogP contribution in [0.4, 0.5) is 0 Å². The number of nitrogens with zero attached hydrogens (tertiary/aromatic N) is 1. The van der Waals surface area contributed by atoms with Crippen molar-refractivity contribution in [3.8, 4) is 5.75 Å². The number of benzene rings is 2. The van der Waals surface area contributed by atoms with Crippen molar-refractivity contribution in [2.75, 3.05) is 6.54 Å². The highest BCUT2D eigenvalue weighted by atomic mass is 32.1. The molecule has 0 radical (unpaired) electrons. The van der Waals surface area contributed by atoms with E-state index in [0.29, 0.717) is 18.7 Å². The first-order valence-electron chi connectivity index (χ1n) is 9.16. The molecule has 2 aromatic carbocycles. The van der Waals surface area contributed by atoms with Gasteiger partial charge in [-0.3, -0.25) is 4.79 Å². The van der Waals surface area contributed by atoms with Crippen molar-refractivity contribution in [3.05, 3.63) is 81.9 Å². The lowest BCUT2D eigenvalue weighted by Gasteiger charge is -2.07. The third kappa shape index (κ3) is 4.23. The number of carbonyl (C=O) groups is 1. The first-order valence-corrected chi connectivity index (χ1v) is 10.0. The normalized spacial score (nSPS) is 10.9. The SMILES string of the molecule is Cc1csc(COc2ccc(C(=O)NCCc3c[nH]c4ccccc34)cc2)n1. The Morgan fingerprint density at radius 1 is 1.18 bits per heavy atom. The third-order valence-corrected chi connectivity index (χ3v) is 5.44. The van der Waals surface area contributed by atoms with Crippen LogP contribution in [0.15, 0.2) is 60.1 Å². The van der Waals surface area contributed by atoms with E-state index >= 15 is 0 Å². The summed E-state index contributed by atoms with van der Waals surface area (Å²) in [4.78, 5) is 20.0. The number of aryl methyl sites for hydroxylation is 1. The molecule has 2 N–H and O–H groups in total. The monoisotopic (exact) mass is 391 g/mol. The number of amides is 1. The highest BCUT2D eigenvalue weighted by molar-refractivity contribution is 7.09. The average Bonchev–Trinajstić information content (AvgIpc) is 3.33. The van der Waals surface area contributed by atoms with Crippen molar-refractivity contribution < 1.29 is 9.53 Å². The van der Waals surface area contributed by atoms with Crippen LogP contribution in [0, 0.1) is 6.92 Å². The zero-order valence-corrected chi connectivity index (χ0v) is 16.4. The van der Waals surface area contributed by atoms with E-state index in [0.717, 1.165) is 28.4 Å². The predicted molar refractivity (Wildman–Crippen MR) is 112 cm³/mol. The molecular formula is C22H21N3O2S. The number of hydrogen-bond acceptors (Lipinski definition) is 4. The second-order valence-electron chi connectivity index (χ2n) is 6.56. The molecule has 0 aliphatic heterocycles. The fourth-order valence-electron chi connectivity index (χ4n) is 3.07. The first kappa shape index (κ1) is 18.3. The summed E-state index contributed by atoms with van der Waals surface area (Å²) in [5.74, 6) is 0.644. The van der Waals surface area contributed by atoms with Crippen molar-refractivity contribution in [2.24, 2.45) is 0 Å². The number of H-pyrrole nitrogens is 1. The van der Waals surface area contributed by atoms with Crippen LogP contribution in [0.1, 0.15) is 26.6 Å². The molecule has 28 heavy (non-hydrogen) atoms. The maximum Gasteiger partial charge on any atom is 0.251 e. The Balaban J connectivity index is 1.28. The van der Waals surface area contributed by atoms with Gasteiger partial charge in [0.15, 0.2) is 0 Å². The number of aromatic amines is 1. The van der Waals surface area contributed by atoms with Gasteiger partial charge in [0.2, 0.25) is 0 Å². The number of fused-ring (bicyclic) bond motifs is 1. The molecule has 0 bridgehead atoms. The van der Waals surface area contributed by atoms with Crippen LogP contribution in [0.3, 0.4) is 0 Å².